The first kappa shape index (κ1) is 14.1. The largest absolute Gasteiger partial charge is 0.398 e. The molecule has 4 N–H and O–H groups in total. The lowest BCUT2D eigenvalue weighted by molar-refractivity contribution is 0.0997. The number of nitrogens with two attached hydrogens (primary N) is 2. The van der Waals surface area contributed by atoms with Gasteiger partial charge in [-0.15, -0.1) is 0 Å². The SMILES string of the molecule is NC(=O)c1cccc(N)c1Sc1cc(Cl)ccc1Cl. The zero-order valence-electron chi connectivity index (χ0n) is 9.69. The van der Waals surface area contributed by atoms with Crippen molar-refractivity contribution in [3.8, 4) is 0 Å². The average Bonchev–Trinajstić information content (AvgIpc) is 2.35. The predicted molar refractivity (Wildman–Crippen MR) is 80.0 cm³/mol. The van der Waals surface area contributed by atoms with Crippen LogP contribution in [0.25, 0.3) is 0 Å². The molecule has 0 saturated carbocycles. The molecule has 0 saturated heterocycles. The third-order valence-electron chi connectivity index (χ3n) is 2.42. The fourth-order valence-corrected chi connectivity index (χ4v) is 3.03. The highest BCUT2D eigenvalue weighted by Gasteiger charge is 2.14. The minimum atomic E-state index is -0.534. The van der Waals surface area contributed by atoms with Crippen LogP contribution in [0.5, 0.6) is 0 Å². The summed E-state index contributed by atoms with van der Waals surface area (Å²) in [5, 5.41) is 1.09. The first-order valence-corrected chi connectivity index (χ1v) is 6.87. The summed E-state index contributed by atoms with van der Waals surface area (Å²) in [5.41, 5.74) is 12.1. The van der Waals surface area contributed by atoms with Gasteiger partial charge in [0.15, 0.2) is 0 Å². The van der Waals surface area contributed by atoms with E-state index in [1.54, 1.807) is 36.4 Å². The number of hydrogen-bond donors (Lipinski definition) is 2. The van der Waals surface area contributed by atoms with Crippen LogP contribution in [-0.2, 0) is 0 Å². The number of carbonyl (C=O) groups excluding carboxylic acids is 1. The van der Waals surface area contributed by atoms with Gasteiger partial charge in [0.1, 0.15) is 0 Å². The standard InChI is InChI=1S/C13H10Cl2N2OS/c14-7-4-5-9(15)11(6-7)19-12-8(13(17)18)2-1-3-10(12)16/h1-6H,16H2,(H2,17,18). The second-order valence-electron chi connectivity index (χ2n) is 3.76. The number of benzene rings is 2. The molecular weight excluding hydrogens is 303 g/mol. The van der Waals surface area contributed by atoms with Gasteiger partial charge in [-0.3, -0.25) is 4.79 Å². The molecule has 0 bridgehead atoms. The summed E-state index contributed by atoms with van der Waals surface area (Å²) in [6, 6.07) is 10.1. The van der Waals surface area contributed by atoms with Gasteiger partial charge in [0.25, 0.3) is 0 Å². The van der Waals surface area contributed by atoms with Crippen LogP contribution in [0.3, 0.4) is 0 Å². The van der Waals surface area contributed by atoms with E-state index in [-0.39, 0.29) is 0 Å². The van der Waals surface area contributed by atoms with Crippen LogP contribution in [0.4, 0.5) is 5.69 Å². The van der Waals surface area contributed by atoms with Gasteiger partial charge in [0.2, 0.25) is 5.91 Å². The number of halogens is 2. The maximum Gasteiger partial charge on any atom is 0.249 e. The van der Waals surface area contributed by atoms with Crippen molar-refractivity contribution in [2.75, 3.05) is 5.73 Å². The first-order chi connectivity index (χ1) is 8.99. The topological polar surface area (TPSA) is 69.1 Å². The molecule has 0 radical (unpaired) electrons. The fraction of sp³-hybridized carbons (Fsp3) is 0. The van der Waals surface area contributed by atoms with Crippen molar-refractivity contribution in [3.63, 3.8) is 0 Å². The Kier molecular flexibility index (Phi) is 4.24. The molecule has 0 aromatic heterocycles. The summed E-state index contributed by atoms with van der Waals surface area (Å²) >= 11 is 13.3. The van der Waals surface area contributed by atoms with Crippen molar-refractivity contribution in [1.82, 2.24) is 0 Å². The predicted octanol–water partition coefficient (Wildman–Crippen LogP) is 3.83. The van der Waals surface area contributed by atoms with E-state index < -0.39 is 5.91 Å². The summed E-state index contributed by atoms with van der Waals surface area (Å²) in [6.07, 6.45) is 0. The van der Waals surface area contributed by atoms with Gasteiger partial charge in [0.05, 0.1) is 10.6 Å². The van der Waals surface area contributed by atoms with E-state index >= 15 is 0 Å². The number of nitrogen functional groups attached to an aromatic ring is 1. The molecule has 0 unspecified atom stereocenters. The smallest absolute Gasteiger partial charge is 0.249 e. The van der Waals surface area contributed by atoms with Crippen molar-refractivity contribution in [2.45, 2.75) is 9.79 Å². The molecule has 1 amide bonds. The Balaban J connectivity index is 2.49. The molecule has 0 atom stereocenters. The zero-order chi connectivity index (χ0) is 14.0. The second kappa shape index (κ2) is 5.74. The molecule has 2 aromatic rings. The van der Waals surface area contributed by atoms with Crippen molar-refractivity contribution < 1.29 is 4.79 Å². The molecule has 0 aliphatic rings. The molecule has 0 fully saturated rings. The molecule has 2 aromatic carbocycles. The minimum Gasteiger partial charge on any atom is -0.398 e. The van der Waals surface area contributed by atoms with Crippen LogP contribution in [0, 0.1) is 0 Å². The maximum atomic E-state index is 11.4. The Hall–Kier alpha value is -1.36. The Bertz CT molecular complexity index is 647. The number of anilines is 1. The Morgan fingerprint density at radius 1 is 1.16 bits per heavy atom. The molecular formula is C13H10Cl2N2OS. The third-order valence-corrected chi connectivity index (χ3v) is 4.31. The normalized spacial score (nSPS) is 10.4. The molecule has 19 heavy (non-hydrogen) atoms. The van der Waals surface area contributed by atoms with Crippen LogP contribution in [0.1, 0.15) is 10.4 Å². The monoisotopic (exact) mass is 312 g/mol. The zero-order valence-corrected chi connectivity index (χ0v) is 12.0. The maximum absolute atomic E-state index is 11.4. The fourth-order valence-electron chi connectivity index (χ4n) is 1.53. The molecule has 98 valence electrons. The van der Waals surface area contributed by atoms with Crippen LogP contribution in [-0.4, -0.2) is 5.91 Å². The summed E-state index contributed by atoms with van der Waals surface area (Å²) in [5.74, 6) is -0.534. The van der Waals surface area contributed by atoms with E-state index in [9.17, 15) is 4.79 Å². The highest BCUT2D eigenvalue weighted by molar-refractivity contribution is 7.99. The van der Waals surface area contributed by atoms with Gasteiger partial charge in [-0.25, -0.2) is 0 Å². The van der Waals surface area contributed by atoms with Gasteiger partial charge >= 0.3 is 0 Å². The average molecular weight is 313 g/mol. The molecule has 2 rings (SSSR count). The van der Waals surface area contributed by atoms with Crippen LogP contribution in [0.2, 0.25) is 10.0 Å². The molecule has 0 aliphatic carbocycles. The number of hydrogen-bond acceptors (Lipinski definition) is 3. The lowest BCUT2D eigenvalue weighted by Gasteiger charge is -2.10. The molecule has 0 aliphatic heterocycles. The number of carbonyl (C=O) groups is 1. The second-order valence-corrected chi connectivity index (χ2v) is 5.66. The molecule has 6 heteroatoms. The van der Waals surface area contributed by atoms with Gasteiger partial charge in [-0.1, -0.05) is 41.0 Å². The van der Waals surface area contributed by atoms with Crippen LogP contribution >= 0.6 is 35.0 Å². The minimum absolute atomic E-state index is 0.362. The van der Waals surface area contributed by atoms with E-state index in [1.807, 2.05) is 0 Å². The van der Waals surface area contributed by atoms with Crippen LogP contribution in [0.15, 0.2) is 46.2 Å². The van der Waals surface area contributed by atoms with Crippen molar-refractivity contribution in [1.29, 1.82) is 0 Å². The number of primary amides is 1. The lowest BCUT2D eigenvalue weighted by atomic mass is 10.2. The van der Waals surface area contributed by atoms with E-state index in [1.165, 1.54) is 11.8 Å². The van der Waals surface area contributed by atoms with Gasteiger partial charge in [0, 0.05) is 20.5 Å². The van der Waals surface area contributed by atoms with Crippen LogP contribution < -0.4 is 11.5 Å². The molecule has 3 nitrogen and oxygen atoms in total. The Morgan fingerprint density at radius 2 is 1.89 bits per heavy atom. The van der Waals surface area contributed by atoms with E-state index in [2.05, 4.69) is 0 Å². The summed E-state index contributed by atoms with van der Waals surface area (Å²) in [6.45, 7) is 0. The van der Waals surface area contributed by atoms with E-state index in [0.29, 0.717) is 26.2 Å². The van der Waals surface area contributed by atoms with E-state index in [0.717, 1.165) is 4.90 Å². The number of amides is 1. The first-order valence-electron chi connectivity index (χ1n) is 5.30. The Morgan fingerprint density at radius 3 is 2.58 bits per heavy atom. The van der Waals surface area contributed by atoms with Crippen molar-refractivity contribution in [2.24, 2.45) is 5.73 Å². The Labute approximate surface area is 124 Å². The number of rotatable bonds is 3. The summed E-state index contributed by atoms with van der Waals surface area (Å²) in [4.78, 5) is 12.7. The van der Waals surface area contributed by atoms with Crippen molar-refractivity contribution in [3.05, 3.63) is 52.0 Å². The highest BCUT2D eigenvalue weighted by Crippen LogP contribution is 2.39. The van der Waals surface area contributed by atoms with Gasteiger partial charge < -0.3 is 11.5 Å². The third kappa shape index (κ3) is 3.15. The van der Waals surface area contributed by atoms with Gasteiger partial charge in [-0.05, 0) is 30.3 Å². The summed E-state index contributed by atoms with van der Waals surface area (Å²) < 4.78 is 0. The van der Waals surface area contributed by atoms with Gasteiger partial charge in [-0.2, -0.15) is 0 Å². The van der Waals surface area contributed by atoms with Crippen molar-refractivity contribution >= 4 is 46.6 Å². The lowest BCUT2D eigenvalue weighted by Crippen LogP contribution is -2.13. The summed E-state index contributed by atoms with van der Waals surface area (Å²) in [7, 11) is 0. The quantitative estimate of drug-likeness (QED) is 0.846. The molecule has 0 spiro atoms. The molecule has 0 heterocycles. The highest BCUT2D eigenvalue weighted by atomic mass is 35.5. The van der Waals surface area contributed by atoms with E-state index in [4.69, 9.17) is 34.7 Å².